The Morgan fingerprint density at radius 2 is 1.70 bits per heavy atom. The first-order valence-electron chi connectivity index (χ1n) is 14.7. The number of halogens is 2. The van der Waals surface area contributed by atoms with E-state index in [0.29, 0.717) is 42.5 Å². The van der Waals surface area contributed by atoms with Gasteiger partial charge in [-0.2, -0.15) is 0 Å². The van der Waals surface area contributed by atoms with Crippen LogP contribution in [-0.4, -0.2) is 53.8 Å². The lowest BCUT2D eigenvalue weighted by Gasteiger charge is -2.39. The fourth-order valence-electron chi connectivity index (χ4n) is 5.93. The number of amides is 2. The molecule has 1 fully saturated rings. The van der Waals surface area contributed by atoms with E-state index in [1.54, 1.807) is 29.0 Å². The number of aryl methyl sites for hydroxylation is 1. The number of nitrogens with one attached hydrogen (secondary N) is 1. The van der Waals surface area contributed by atoms with Gasteiger partial charge in [0.05, 0.1) is 16.1 Å². The summed E-state index contributed by atoms with van der Waals surface area (Å²) in [5.74, 6) is -0.167. The quantitative estimate of drug-likeness (QED) is 0.215. The van der Waals surface area contributed by atoms with Crippen molar-refractivity contribution in [1.29, 1.82) is 0 Å². The standard InChI is InChI=1S/C36H37Cl2N3O2/c1-4-27(30-12-8-5-9-24(30)2)22-33-35(42)41(18-17-39-33)34(21-25-13-15-28-10-6-7-11-29(28)19-25)36(43)40(3)23-26-14-16-31(37)32(38)20-26/h4-16,19-20,33-34,39H,17-18,21-23H2,1-3H3/b27-4-. The maximum absolute atomic E-state index is 14.2. The van der Waals surface area contributed by atoms with E-state index in [2.05, 4.69) is 60.8 Å². The molecule has 0 radical (unpaired) electrons. The third-order valence-electron chi connectivity index (χ3n) is 8.27. The van der Waals surface area contributed by atoms with E-state index in [1.165, 1.54) is 5.56 Å². The number of likely N-dealkylation sites (N-methyl/N-ethyl adjacent to an activating group) is 1. The topological polar surface area (TPSA) is 52.7 Å². The van der Waals surface area contributed by atoms with Gasteiger partial charge in [-0.3, -0.25) is 9.59 Å². The maximum Gasteiger partial charge on any atom is 0.245 e. The molecule has 1 heterocycles. The molecule has 0 bridgehead atoms. The second-order valence-electron chi connectivity index (χ2n) is 11.2. The zero-order valence-corrected chi connectivity index (χ0v) is 26.3. The molecule has 1 aliphatic heterocycles. The second-order valence-corrected chi connectivity index (χ2v) is 12.0. The van der Waals surface area contributed by atoms with Gasteiger partial charge in [-0.25, -0.2) is 0 Å². The summed E-state index contributed by atoms with van der Waals surface area (Å²) in [5, 5.41) is 6.59. The third-order valence-corrected chi connectivity index (χ3v) is 9.01. The van der Waals surface area contributed by atoms with Crippen LogP contribution in [0.3, 0.4) is 0 Å². The minimum Gasteiger partial charge on any atom is -0.340 e. The van der Waals surface area contributed by atoms with E-state index in [9.17, 15) is 9.59 Å². The zero-order valence-electron chi connectivity index (χ0n) is 24.8. The average Bonchev–Trinajstić information content (AvgIpc) is 3.01. The van der Waals surface area contributed by atoms with E-state index in [4.69, 9.17) is 23.2 Å². The Balaban J connectivity index is 1.43. The molecule has 2 amide bonds. The second kappa shape index (κ2) is 13.8. The van der Waals surface area contributed by atoms with Gasteiger partial charge in [0, 0.05) is 33.1 Å². The van der Waals surface area contributed by atoms with Crippen LogP contribution in [0.25, 0.3) is 16.3 Å². The Kier molecular flexibility index (Phi) is 9.86. The van der Waals surface area contributed by atoms with Crippen LogP contribution in [0.15, 0.2) is 91.0 Å². The summed E-state index contributed by atoms with van der Waals surface area (Å²) in [4.78, 5) is 31.8. The summed E-state index contributed by atoms with van der Waals surface area (Å²) >= 11 is 12.4. The van der Waals surface area contributed by atoms with E-state index in [-0.39, 0.29) is 11.8 Å². The lowest BCUT2D eigenvalue weighted by atomic mass is 9.92. The van der Waals surface area contributed by atoms with Crippen molar-refractivity contribution in [2.24, 2.45) is 0 Å². The molecule has 5 nitrogen and oxygen atoms in total. The minimum absolute atomic E-state index is 0.0544. The van der Waals surface area contributed by atoms with Gasteiger partial charge in [0.15, 0.2) is 0 Å². The van der Waals surface area contributed by atoms with Crippen LogP contribution >= 0.6 is 23.2 Å². The molecule has 1 aliphatic rings. The van der Waals surface area contributed by atoms with Crippen LogP contribution < -0.4 is 5.32 Å². The molecule has 222 valence electrons. The highest BCUT2D eigenvalue weighted by molar-refractivity contribution is 6.42. The molecule has 7 heteroatoms. The van der Waals surface area contributed by atoms with Gasteiger partial charge < -0.3 is 15.1 Å². The van der Waals surface area contributed by atoms with E-state index >= 15 is 0 Å². The Morgan fingerprint density at radius 1 is 0.977 bits per heavy atom. The maximum atomic E-state index is 14.2. The number of fused-ring (bicyclic) bond motifs is 1. The van der Waals surface area contributed by atoms with Gasteiger partial charge in [0.2, 0.25) is 11.8 Å². The first-order chi connectivity index (χ1) is 20.7. The molecular formula is C36H37Cl2N3O2. The molecule has 0 aliphatic carbocycles. The van der Waals surface area contributed by atoms with E-state index < -0.39 is 12.1 Å². The normalized spacial score (nSPS) is 16.4. The average molecular weight is 615 g/mol. The van der Waals surface area contributed by atoms with Crippen molar-refractivity contribution < 1.29 is 9.59 Å². The summed E-state index contributed by atoms with van der Waals surface area (Å²) in [5.41, 5.74) is 5.30. The monoisotopic (exact) mass is 613 g/mol. The highest BCUT2D eigenvalue weighted by Crippen LogP contribution is 2.27. The number of hydrogen-bond donors (Lipinski definition) is 1. The predicted octanol–water partition coefficient (Wildman–Crippen LogP) is 7.32. The van der Waals surface area contributed by atoms with Gasteiger partial charge in [0.25, 0.3) is 0 Å². The number of hydrogen-bond acceptors (Lipinski definition) is 3. The van der Waals surface area contributed by atoms with Gasteiger partial charge in [-0.05, 0) is 71.0 Å². The number of carbonyl (C=O) groups is 2. The predicted molar refractivity (Wildman–Crippen MR) is 177 cm³/mol. The van der Waals surface area contributed by atoms with Crippen molar-refractivity contribution in [3.63, 3.8) is 0 Å². The van der Waals surface area contributed by atoms with Gasteiger partial charge in [-0.1, -0.05) is 102 Å². The molecule has 0 spiro atoms. The van der Waals surface area contributed by atoms with Crippen LogP contribution in [0, 0.1) is 6.92 Å². The van der Waals surface area contributed by atoms with Crippen LogP contribution in [0.5, 0.6) is 0 Å². The van der Waals surface area contributed by atoms with Crippen LogP contribution in [0.1, 0.15) is 35.6 Å². The number of carbonyl (C=O) groups excluding carboxylic acids is 2. The third kappa shape index (κ3) is 7.13. The molecule has 1 N–H and O–H groups in total. The van der Waals surface area contributed by atoms with Crippen molar-refractivity contribution >= 4 is 51.4 Å². The molecule has 1 saturated heterocycles. The molecule has 4 aromatic carbocycles. The Morgan fingerprint density at radius 3 is 2.44 bits per heavy atom. The molecule has 0 saturated carbocycles. The number of piperazine rings is 1. The summed E-state index contributed by atoms with van der Waals surface area (Å²) in [7, 11) is 1.78. The van der Waals surface area contributed by atoms with Gasteiger partial charge in [0.1, 0.15) is 6.04 Å². The van der Waals surface area contributed by atoms with E-state index in [1.807, 2.05) is 37.3 Å². The smallest absolute Gasteiger partial charge is 0.245 e. The molecular weight excluding hydrogens is 577 g/mol. The minimum atomic E-state index is -0.654. The number of allylic oxidation sites excluding steroid dienone is 1. The van der Waals surface area contributed by atoms with E-state index in [0.717, 1.165) is 33.0 Å². The number of nitrogens with zero attached hydrogens (tertiary/aromatic N) is 2. The van der Waals surface area contributed by atoms with Crippen molar-refractivity contribution in [3.05, 3.63) is 123 Å². The lowest BCUT2D eigenvalue weighted by molar-refractivity contribution is -0.148. The van der Waals surface area contributed by atoms with Crippen LogP contribution in [0.4, 0.5) is 0 Å². The molecule has 2 unspecified atom stereocenters. The van der Waals surface area contributed by atoms with Crippen molar-refractivity contribution in [1.82, 2.24) is 15.1 Å². The van der Waals surface area contributed by atoms with Gasteiger partial charge >= 0.3 is 0 Å². The SMILES string of the molecule is C/C=C(/CC1NCCN(C(Cc2ccc3ccccc3c2)C(=O)N(C)Cc2ccc(Cl)c(Cl)c2)C1=O)c1ccccc1C. The molecule has 4 aromatic rings. The first-order valence-corrected chi connectivity index (χ1v) is 15.4. The fourth-order valence-corrected chi connectivity index (χ4v) is 6.25. The highest BCUT2D eigenvalue weighted by Gasteiger charge is 2.38. The Hall–Kier alpha value is -3.64. The Labute approximate surface area is 264 Å². The highest BCUT2D eigenvalue weighted by atomic mass is 35.5. The van der Waals surface area contributed by atoms with Crippen molar-refractivity contribution in [2.45, 2.75) is 45.3 Å². The summed E-state index contributed by atoms with van der Waals surface area (Å²) in [6, 6.07) is 27.0. The molecule has 5 rings (SSSR count). The van der Waals surface area contributed by atoms with Crippen LogP contribution in [0.2, 0.25) is 10.0 Å². The molecule has 0 aromatic heterocycles. The molecule has 2 atom stereocenters. The zero-order chi connectivity index (χ0) is 30.5. The van der Waals surface area contributed by atoms with Gasteiger partial charge in [-0.15, -0.1) is 0 Å². The number of rotatable bonds is 9. The number of benzene rings is 4. The lowest BCUT2D eigenvalue weighted by Crippen LogP contribution is -2.61. The summed E-state index contributed by atoms with van der Waals surface area (Å²) < 4.78 is 0. The fraction of sp³-hybridized carbons (Fsp3) is 0.278. The Bertz CT molecular complexity index is 1670. The largest absolute Gasteiger partial charge is 0.340 e. The van der Waals surface area contributed by atoms with Crippen molar-refractivity contribution in [3.8, 4) is 0 Å². The van der Waals surface area contributed by atoms with Crippen molar-refractivity contribution in [2.75, 3.05) is 20.1 Å². The van der Waals surface area contributed by atoms with Crippen LogP contribution in [-0.2, 0) is 22.6 Å². The summed E-state index contributed by atoms with van der Waals surface area (Å²) in [6.07, 6.45) is 3.05. The first kappa shape index (κ1) is 30.8. The molecule has 43 heavy (non-hydrogen) atoms. The summed E-state index contributed by atoms with van der Waals surface area (Å²) in [6.45, 7) is 5.51.